The van der Waals surface area contributed by atoms with Gasteiger partial charge in [0.2, 0.25) is 0 Å². The standard InChI is InChI=1S/C16H21NO4/c1-16(2,17-5-7-19-8-6-17)15(18)12-3-4-13-14(11-12)21-10-9-20-13/h3-4,11H,5-10H2,1-2H3. The third kappa shape index (κ3) is 2.76. The molecule has 0 bridgehead atoms. The Hall–Kier alpha value is -1.59. The fraction of sp³-hybridized carbons (Fsp3) is 0.562. The normalized spacial score (nSPS) is 19.3. The van der Waals surface area contributed by atoms with E-state index in [9.17, 15) is 4.79 Å². The summed E-state index contributed by atoms with van der Waals surface area (Å²) < 4.78 is 16.4. The van der Waals surface area contributed by atoms with Crippen LogP contribution < -0.4 is 9.47 Å². The molecule has 114 valence electrons. The number of Topliss-reactive ketones (excluding diaryl/α,β-unsaturated/α-hetero) is 1. The summed E-state index contributed by atoms with van der Waals surface area (Å²) in [4.78, 5) is 15.0. The van der Waals surface area contributed by atoms with Crippen LogP contribution in [0.25, 0.3) is 0 Å². The van der Waals surface area contributed by atoms with E-state index in [-0.39, 0.29) is 5.78 Å². The number of nitrogens with zero attached hydrogens (tertiary/aromatic N) is 1. The molecule has 0 atom stereocenters. The van der Waals surface area contributed by atoms with Crippen LogP contribution in [-0.4, -0.2) is 55.7 Å². The van der Waals surface area contributed by atoms with Crippen molar-refractivity contribution >= 4 is 5.78 Å². The Morgan fingerprint density at radius 2 is 1.71 bits per heavy atom. The molecule has 0 unspecified atom stereocenters. The Labute approximate surface area is 124 Å². The summed E-state index contributed by atoms with van der Waals surface area (Å²) in [7, 11) is 0. The molecule has 0 N–H and O–H groups in total. The number of rotatable bonds is 3. The van der Waals surface area contributed by atoms with Crippen LogP contribution in [0.4, 0.5) is 0 Å². The van der Waals surface area contributed by atoms with Crippen LogP contribution in [0.2, 0.25) is 0 Å². The van der Waals surface area contributed by atoms with Gasteiger partial charge in [-0.25, -0.2) is 0 Å². The van der Waals surface area contributed by atoms with E-state index in [4.69, 9.17) is 14.2 Å². The molecule has 0 spiro atoms. The highest BCUT2D eigenvalue weighted by molar-refractivity contribution is 6.03. The minimum absolute atomic E-state index is 0.0985. The van der Waals surface area contributed by atoms with Gasteiger partial charge in [-0.1, -0.05) is 0 Å². The molecule has 2 aliphatic heterocycles. The summed E-state index contributed by atoms with van der Waals surface area (Å²) in [5.74, 6) is 1.47. The molecule has 1 fully saturated rings. The van der Waals surface area contributed by atoms with Gasteiger partial charge in [0, 0.05) is 18.7 Å². The third-order valence-corrected chi connectivity index (χ3v) is 4.16. The predicted molar refractivity (Wildman–Crippen MR) is 78.2 cm³/mol. The quantitative estimate of drug-likeness (QED) is 0.794. The van der Waals surface area contributed by atoms with Gasteiger partial charge in [-0.3, -0.25) is 9.69 Å². The minimum atomic E-state index is -0.548. The number of carbonyl (C=O) groups excluding carboxylic acids is 1. The molecule has 3 rings (SSSR count). The lowest BCUT2D eigenvalue weighted by Gasteiger charge is -2.39. The van der Waals surface area contributed by atoms with Crippen molar-refractivity contribution in [2.75, 3.05) is 39.5 Å². The lowest BCUT2D eigenvalue weighted by Crippen LogP contribution is -2.54. The highest BCUT2D eigenvalue weighted by Gasteiger charge is 2.36. The fourth-order valence-electron chi connectivity index (χ4n) is 2.80. The Bertz CT molecular complexity index is 535. The van der Waals surface area contributed by atoms with E-state index in [0.717, 1.165) is 13.1 Å². The van der Waals surface area contributed by atoms with E-state index < -0.39 is 5.54 Å². The highest BCUT2D eigenvalue weighted by atomic mass is 16.6. The van der Waals surface area contributed by atoms with Gasteiger partial charge < -0.3 is 14.2 Å². The van der Waals surface area contributed by atoms with E-state index in [1.165, 1.54) is 0 Å². The van der Waals surface area contributed by atoms with Gasteiger partial charge in [0.25, 0.3) is 0 Å². The smallest absolute Gasteiger partial charge is 0.182 e. The summed E-state index contributed by atoms with van der Waals surface area (Å²) >= 11 is 0. The zero-order valence-corrected chi connectivity index (χ0v) is 12.6. The highest BCUT2D eigenvalue weighted by Crippen LogP contribution is 2.32. The van der Waals surface area contributed by atoms with Crippen LogP contribution in [0.1, 0.15) is 24.2 Å². The molecule has 0 aliphatic carbocycles. The first-order chi connectivity index (χ1) is 10.1. The number of fused-ring (bicyclic) bond motifs is 1. The monoisotopic (exact) mass is 291 g/mol. The van der Waals surface area contributed by atoms with Crippen molar-refractivity contribution < 1.29 is 19.0 Å². The lowest BCUT2D eigenvalue weighted by molar-refractivity contribution is -0.00431. The molecule has 5 nitrogen and oxygen atoms in total. The van der Waals surface area contributed by atoms with Crippen LogP contribution in [0.5, 0.6) is 11.5 Å². The van der Waals surface area contributed by atoms with Crippen LogP contribution in [0, 0.1) is 0 Å². The van der Waals surface area contributed by atoms with Crippen molar-refractivity contribution in [3.05, 3.63) is 23.8 Å². The van der Waals surface area contributed by atoms with E-state index in [0.29, 0.717) is 43.5 Å². The number of carbonyl (C=O) groups is 1. The summed E-state index contributed by atoms with van der Waals surface area (Å²) in [5.41, 5.74) is 0.115. The van der Waals surface area contributed by atoms with Crippen LogP contribution >= 0.6 is 0 Å². The minimum Gasteiger partial charge on any atom is -0.486 e. The number of morpholine rings is 1. The van der Waals surface area contributed by atoms with Gasteiger partial charge in [0.1, 0.15) is 13.2 Å². The fourth-order valence-corrected chi connectivity index (χ4v) is 2.80. The molecular formula is C16H21NO4. The van der Waals surface area contributed by atoms with E-state index in [1.54, 1.807) is 6.07 Å². The first kappa shape index (κ1) is 14.4. The largest absolute Gasteiger partial charge is 0.486 e. The molecular weight excluding hydrogens is 270 g/mol. The SMILES string of the molecule is CC(C)(C(=O)c1ccc2c(c1)OCCO2)N1CCOCC1. The molecule has 2 aliphatic rings. The zero-order chi connectivity index (χ0) is 14.9. The van der Waals surface area contributed by atoms with Crippen LogP contribution in [0.3, 0.4) is 0 Å². The molecule has 1 saturated heterocycles. The van der Waals surface area contributed by atoms with Crippen molar-refractivity contribution in [2.45, 2.75) is 19.4 Å². The molecule has 0 amide bonds. The number of hydrogen-bond acceptors (Lipinski definition) is 5. The molecule has 1 aromatic rings. The van der Waals surface area contributed by atoms with E-state index >= 15 is 0 Å². The van der Waals surface area contributed by atoms with Crippen molar-refractivity contribution in [2.24, 2.45) is 0 Å². The Morgan fingerprint density at radius 3 is 2.43 bits per heavy atom. The van der Waals surface area contributed by atoms with Gasteiger partial charge in [0.15, 0.2) is 17.3 Å². The van der Waals surface area contributed by atoms with E-state index in [1.807, 2.05) is 26.0 Å². The second-order valence-corrected chi connectivity index (χ2v) is 5.85. The maximum absolute atomic E-state index is 12.9. The first-order valence-electron chi connectivity index (χ1n) is 7.36. The maximum Gasteiger partial charge on any atom is 0.182 e. The third-order valence-electron chi connectivity index (χ3n) is 4.16. The van der Waals surface area contributed by atoms with Crippen molar-refractivity contribution in [3.63, 3.8) is 0 Å². The molecule has 2 heterocycles. The Balaban J connectivity index is 1.83. The number of ether oxygens (including phenoxy) is 3. The van der Waals surface area contributed by atoms with Gasteiger partial charge >= 0.3 is 0 Å². The molecule has 5 heteroatoms. The summed E-state index contributed by atoms with van der Waals surface area (Å²) in [6.07, 6.45) is 0. The van der Waals surface area contributed by atoms with Crippen molar-refractivity contribution in [3.8, 4) is 11.5 Å². The Kier molecular flexibility index (Phi) is 3.87. The lowest BCUT2D eigenvalue weighted by atomic mass is 9.90. The topological polar surface area (TPSA) is 48.0 Å². The molecule has 0 radical (unpaired) electrons. The maximum atomic E-state index is 12.9. The molecule has 0 saturated carbocycles. The van der Waals surface area contributed by atoms with Gasteiger partial charge in [0.05, 0.1) is 18.8 Å². The number of ketones is 1. The predicted octanol–water partition coefficient (Wildman–Crippen LogP) is 1.75. The molecule has 0 aromatic heterocycles. The second-order valence-electron chi connectivity index (χ2n) is 5.85. The van der Waals surface area contributed by atoms with Gasteiger partial charge in [-0.2, -0.15) is 0 Å². The summed E-state index contributed by atoms with van der Waals surface area (Å²) in [6.45, 7) is 7.94. The van der Waals surface area contributed by atoms with Gasteiger partial charge in [-0.05, 0) is 32.0 Å². The van der Waals surface area contributed by atoms with Crippen molar-refractivity contribution in [1.29, 1.82) is 0 Å². The summed E-state index contributed by atoms with van der Waals surface area (Å²) in [5, 5.41) is 0. The summed E-state index contributed by atoms with van der Waals surface area (Å²) in [6, 6.07) is 5.42. The number of benzene rings is 1. The molecule has 21 heavy (non-hydrogen) atoms. The van der Waals surface area contributed by atoms with Crippen LogP contribution in [-0.2, 0) is 4.74 Å². The van der Waals surface area contributed by atoms with E-state index in [2.05, 4.69) is 4.90 Å². The van der Waals surface area contributed by atoms with Crippen molar-refractivity contribution in [1.82, 2.24) is 4.90 Å². The zero-order valence-electron chi connectivity index (χ0n) is 12.6. The average molecular weight is 291 g/mol. The van der Waals surface area contributed by atoms with Gasteiger partial charge in [-0.15, -0.1) is 0 Å². The Morgan fingerprint density at radius 1 is 1.05 bits per heavy atom. The second kappa shape index (κ2) is 5.66. The number of hydrogen-bond donors (Lipinski definition) is 0. The first-order valence-corrected chi connectivity index (χ1v) is 7.36. The average Bonchev–Trinajstić information content (AvgIpc) is 2.54. The molecule has 1 aromatic carbocycles. The van der Waals surface area contributed by atoms with Crippen LogP contribution in [0.15, 0.2) is 18.2 Å².